The molecule has 2 rings (SSSR count). The lowest BCUT2D eigenvalue weighted by Gasteiger charge is -2.29. The summed E-state index contributed by atoms with van der Waals surface area (Å²) in [5.41, 5.74) is 6.74. The third kappa shape index (κ3) is 8.97. The van der Waals surface area contributed by atoms with Crippen LogP contribution in [0.4, 0.5) is 0 Å². The van der Waals surface area contributed by atoms with Crippen molar-refractivity contribution in [1.82, 2.24) is 5.32 Å². The topological polar surface area (TPSA) is 127 Å². The molecular weight excluding hydrogens is 444 g/mol. The highest BCUT2D eigenvalue weighted by atomic mass is 16.3. The molecule has 1 aliphatic rings. The minimum atomic E-state index is -1.04. The van der Waals surface area contributed by atoms with Crippen LogP contribution in [0.15, 0.2) is 30.3 Å². The molecule has 1 saturated carbocycles. The Morgan fingerprint density at radius 2 is 1.66 bits per heavy atom. The van der Waals surface area contributed by atoms with Gasteiger partial charge in [-0.05, 0) is 51.1 Å². The first-order valence-electron chi connectivity index (χ1n) is 13.0. The number of carbonyl (C=O) groups is 4. The van der Waals surface area contributed by atoms with Gasteiger partial charge in [0.25, 0.3) is 0 Å². The van der Waals surface area contributed by atoms with Gasteiger partial charge in [0.05, 0.1) is 18.1 Å². The molecule has 0 saturated heterocycles. The van der Waals surface area contributed by atoms with Crippen molar-refractivity contribution in [3.8, 4) is 0 Å². The normalized spacial score (nSPS) is 20.6. The Bertz CT molecular complexity index is 852. The van der Waals surface area contributed by atoms with E-state index in [1.165, 1.54) is 6.92 Å². The monoisotopic (exact) mass is 486 g/mol. The highest BCUT2D eigenvalue weighted by molar-refractivity contribution is 5.93. The van der Waals surface area contributed by atoms with Crippen LogP contribution in [0.3, 0.4) is 0 Å². The molecule has 1 amide bonds. The van der Waals surface area contributed by atoms with Crippen LogP contribution in [-0.2, 0) is 25.6 Å². The molecule has 0 aromatic heterocycles. The lowest BCUT2D eigenvalue weighted by atomic mass is 9.75. The van der Waals surface area contributed by atoms with E-state index in [-0.39, 0.29) is 48.1 Å². The van der Waals surface area contributed by atoms with Crippen molar-refractivity contribution in [2.24, 2.45) is 29.4 Å². The molecule has 0 heterocycles. The van der Waals surface area contributed by atoms with Crippen molar-refractivity contribution < 1.29 is 24.3 Å². The van der Waals surface area contributed by atoms with E-state index < -0.39 is 24.0 Å². The second kappa shape index (κ2) is 14.2. The average molecular weight is 487 g/mol. The number of aryl methyl sites for hydroxylation is 1. The van der Waals surface area contributed by atoms with Gasteiger partial charge in [-0.15, -0.1) is 0 Å². The van der Waals surface area contributed by atoms with Crippen molar-refractivity contribution in [3.05, 3.63) is 35.9 Å². The van der Waals surface area contributed by atoms with Gasteiger partial charge in [0.1, 0.15) is 11.6 Å². The Morgan fingerprint density at radius 1 is 1.03 bits per heavy atom. The van der Waals surface area contributed by atoms with E-state index in [2.05, 4.69) is 5.32 Å². The van der Waals surface area contributed by atoms with Crippen LogP contribution in [0.2, 0.25) is 0 Å². The first-order valence-corrected chi connectivity index (χ1v) is 13.0. The van der Waals surface area contributed by atoms with Crippen LogP contribution in [0.5, 0.6) is 0 Å². The van der Waals surface area contributed by atoms with Crippen LogP contribution < -0.4 is 11.1 Å². The zero-order valence-corrected chi connectivity index (χ0v) is 21.4. The number of Topliss-reactive ketones (excluding diaryl/α,β-unsaturated/α-hetero) is 3. The number of ketones is 3. The summed E-state index contributed by atoms with van der Waals surface area (Å²) >= 11 is 0. The summed E-state index contributed by atoms with van der Waals surface area (Å²) in [6.45, 7) is 5.24. The van der Waals surface area contributed by atoms with Gasteiger partial charge in [-0.3, -0.25) is 19.2 Å². The number of aliphatic hydroxyl groups is 1. The average Bonchev–Trinajstić information content (AvgIpc) is 2.85. The minimum Gasteiger partial charge on any atom is -0.393 e. The Balaban J connectivity index is 1.96. The number of hydrogen-bond donors (Lipinski definition) is 3. The number of carbonyl (C=O) groups excluding carboxylic acids is 4. The van der Waals surface area contributed by atoms with Gasteiger partial charge in [-0.1, -0.05) is 50.6 Å². The van der Waals surface area contributed by atoms with Crippen molar-refractivity contribution in [1.29, 1.82) is 0 Å². The molecule has 0 spiro atoms. The third-order valence-electron chi connectivity index (χ3n) is 7.11. The van der Waals surface area contributed by atoms with E-state index in [0.29, 0.717) is 32.1 Å². The molecule has 194 valence electrons. The maximum absolute atomic E-state index is 13.1. The Hall–Kier alpha value is -2.38. The first-order chi connectivity index (χ1) is 16.6. The first kappa shape index (κ1) is 28.9. The molecule has 1 aromatic carbocycles. The molecule has 35 heavy (non-hydrogen) atoms. The van der Waals surface area contributed by atoms with Crippen molar-refractivity contribution in [2.45, 2.75) is 84.3 Å². The predicted octanol–water partition coefficient (Wildman–Crippen LogP) is 3.01. The van der Waals surface area contributed by atoms with Gasteiger partial charge < -0.3 is 16.2 Å². The van der Waals surface area contributed by atoms with Crippen molar-refractivity contribution in [3.63, 3.8) is 0 Å². The Kier molecular flexibility index (Phi) is 11.7. The molecule has 0 unspecified atom stereocenters. The zero-order chi connectivity index (χ0) is 26.0. The van der Waals surface area contributed by atoms with E-state index in [4.69, 9.17) is 5.73 Å². The SMILES string of the molecule is CC(C)C(=O)[C@H](CCN)NC(=O)[C@@H](CC(=O)[C@@H]1CCC[C@H](C(=O)CCc2ccccc2)C1)[C@H](C)O. The molecule has 1 fully saturated rings. The van der Waals surface area contributed by atoms with Crippen LogP contribution in [0, 0.1) is 23.7 Å². The summed E-state index contributed by atoms with van der Waals surface area (Å²) in [4.78, 5) is 51.3. The summed E-state index contributed by atoms with van der Waals surface area (Å²) in [7, 11) is 0. The fourth-order valence-electron chi connectivity index (χ4n) is 4.89. The van der Waals surface area contributed by atoms with Crippen LogP contribution in [-0.4, -0.2) is 47.1 Å². The summed E-state index contributed by atoms with van der Waals surface area (Å²) in [6, 6.07) is 9.15. The van der Waals surface area contributed by atoms with Crippen molar-refractivity contribution in [2.75, 3.05) is 6.54 Å². The largest absolute Gasteiger partial charge is 0.393 e. The standard InChI is InChI=1S/C28H42N2O5/c1-18(2)27(34)24(14-15-29)30-28(35)23(19(3)31)17-26(33)22-11-7-10-21(16-22)25(32)13-12-20-8-5-4-6-9-20/h4-6,8-9,18-19,21-24,31H,7,10-17,29H2,1-3H3,(H,30,35)/t19-,21-,22+,23-,24-/m0/s1. The van der Waals surface area contributed by atoms with E-state index in [1.807, 2.05) is 30.3 Å². The van der Waals surface area contributed by atoms with Gasteiger partial charge in [-0.2, -0.15) is 0 Å². The van der Waals surface area contributed by atoms with E-state index in [0.717, 1.165) is 18.4 Å². The number of hydrogen-bond acceptors (Lipinski definition) is 6. The molecule has 1 aromatic rings. The van der Waals surface area contributed by atoms with E-state index >= 15 is 0 Å². The lowest BCUT2D eigenvalue weighted by Crippen LogP contribution is -2.48. The fraction of sp³-hybridized carbons (Fsp3) is 0.643. The van der Waals surface area contributed by atoms with Gasteiger partial charge in [0.15, 0.2) is 5.78 Å². The molecule has 0 radical (unpaired) electrons. The maximum Gasteiger partial charge on any atom is 0.226 e. The third-order valence-corrected chi connectivity index (χ3v) is 7.11. The molecule has 7 nitrogen and oxygen atoms in total. The minimum absolute atomic E-state index is 0.0998. The van der Waals surface area contributed by atoms with E-state index in [1.54, 1.807) is 13.8 Å². The summed E-state index contributed by atoms with van der Waals surface area (Å²) < 4.78 is 0. The molecule has 1 aliphatic carbocycles. The van der Waals surface area contributed by atoms with Gasteiger partial charge in [0.2, 0.25) is 5.91 Å². The van der Waals surface area contributed by atoms with Crippen LogP contribution in [0.1, 0.15) is 71.3 Å². The number of nitrogens with two attached hydrogens (primary N) is 1. The Labute approximate surface area is 209 Å². The Morgan fingerprint density at radius 3 is 2.23 bits per heavy atom. The maximum atomic E-state index is 13.1. The molecule has 4 N–H and O–H groups in total. The molecule has 5 atom stereocenters. The number of aliphatic hydroxyl groups excluding tert-OH is 1. The van der Waals surface area contributed by atoms with E-state index in [9.17, 15) is 24.3 Å². The number of benzene rings is 1. The molecule has 0 bridgehead atoms. The quantitative estimate of drug-likeness (QED) is 0.371. The summed E-state index contributed by atoms with van der Waals surface area (Å²) in [5.74, 6) is -2.19. The fourth-order valence-corrected chi connectivity index (χ4v) is 4.89. The second-order valence-electron chi connectivity index (χ2n) is 10.2. The predicted molar refractivity (Wildman–Crippen MR) is 135 cm³/mol. The number of nitrogens with one attached hydrogen (secondary N) is 1. The molecular formula is C28H42N2O5. The second-order valence-corrected chi connectivity index (χ2v) is 10.2. The van der Waals surface area contributed by atoms with Gasteiger partial charge in [0, 0.05) is 30.6 Å². The lowest BCUT2D eigenvalue weighted by molar-refractivity contribution is -0.137. The zero-order valence-electron chi connectivity index (χ0n) is 21.4. The number of rotatable bonds is 14. The van der Waals surface area contributed by atoms with Crippen LogP contribution in [0.25, 0.3) is 0 Å². The van der Waals surface area contributed by atoms with Crippen molar-refractivity contribution >= 4 is 23.3 Å². The molecule has 7 heteroatoms. The highest BCUT2D eigenvalue weighted by Crippen LogP contribution is 2.33. The van der Waals surface area contributed by atoms with Gasteiger partial charge >= 0.3 is 0 Å². The van der Waals surface area contributed by atoms with Gasteiger partial charge in [-0.25, -0.2) is 0 Å². The number of amides is 1. The summed E-state index contributed by atoms with van der Waals surface area (Å²) in [6.07, 6.45) is 3.08. The summed E-state index contributed by atoms with van der Waals surface area (Å²) in [5, 5.41) is 13.0. The van der Waals surface area contributed by atoms with Crippen LogP contribution >= 0.6 is 0 Å². The molecule has 0 aliphatic heterocycles. The highest BCUT2D eigenvalue weighted by Gasteiger charge is 2.35. The smallest absolute Gasteiger partial charge is 0.226 e.